The van der Waals surface area contributed by atoms with Crippen LogP contribution in [0.3, 0.4) is 0 Å². The smallest absolute Gasteiger partial charge is 0.107 e. The van der Waals surface area contributed by atoms with E-state index in [2.05, 4.69) is 6.58 Å². The summed E-state index contributed by atoms with van der Waals surface area (Å²) in [6.45, 7) is 3.69. The zero-order chi connectivity index (χ0) is 7.61. The monoisotopic (exact) mass is 128 g/mol. The van der Waals surface area contributed by atoms with Crippen molar-refractivity contribution >= 4 is 15.7 Å². The van der Waals surface area contributed by atoms with Gasteiger partial charge in [-0.2, -0.15) is 0 Å². The number of rotatable bonds is 1. The number of allylic oxidation sites excluding steroid dienone is 3. The summed E-state index contributed by atoms with van der Waals surface area (Å²) in [5, 5.41) is -0.192. The van der Waals surface area contributed by atoms with Crippen LogP contribution in [0, 0.1) is 0 Å². The van der Waals surface area contributed by atoms with Crippen LogP contribution < -0.4 is 0 Å². The van der Waals surface area contributed by atoms with Crippen molar-refractivity contribution in [1.29, 1.82) is 0 Å². The maximum atomic E-state index is 5.90. The Morgan fingerprint density at radius 1 is 1.70 bits per heavy atom. The first kappa shape index (κ1) is 7.71. The van der Waals surface area contributed by atoms with Crippen LogP contribution in [0.15, 0.2) is 24.2 Å². The molecule has 1 aliphatic rings. The summed E-state index contributed by atoms with van der Waals surface area (Å²) in [6.07, 6.45) is 6.48. The fourth-order valence-electron chi connectivity index (χ4n) is 1.09. The molecular formula is C8H10B2. The molecule has 2 heteroatoms. The molecule has 0 heterocycles. The molecule has 48 valence electrons. The molecule has 1 rings (SSSR count). The van der Waals surface area contributed by atoms with Gasteiger partial charge in [0.05, 0.1) is 7.85 Å². The van der Waals surface area contributed by atoms with Crippen LogP contribution in [0.4, 0.5) is 0 Å². The highest BCUT2D eigenvalue weighted by molar-refractivity contribution is 6.22. The Kier molecular flexibility index (Phi) is 2.08. The SMILES string of the molecule is [B]C1=CCC([B])(C=C)CC1. The molecule has 0 aliphatic heterocycles. The standard InChI is InChI=1S/C8H10B2/c1-2-8(10)5-3-7(9)4-6-8/h2-3H,1,4-6H2. The molecule has 4 radical (unpaired) electrons. The van der Waals surface area contributed by atoms with Crippen molar-refractivity contribution in [2.75, 3.05) is 0 Å². The molecule has 1 unspecified atom stereocenters. The van der Waals surface area contributed by atoms with Gasteiger partial charge >= 0.3 is 0 Å². The van der Waals surface area contributed by atoms with E-state index in [0.717, 1.165) is 24.7 Å². The van der Waals surface area contributed by atoms with E-state index < -0.39 is 0 Å². The topological polar surface area (TPSA) is 0 Å². The van der Waals surface area contributed by atoms with Crippen molar-refractivity contribution in [2.24, 2.45) is 0 Å². The molecule has 0 fully saturated rings. The molecule has 0 nitrogen and oxygen atoms in total. The summed E-state index contributed by atoms with van der Waals surface area (Å²) in [6, 6.07) is 0. The van der Waals surface area contributed by atoms with Crippen LogP contribution in [-0.2, 0) is 0 Å². The first-order valence-electron chi connectivity index (χ1n) is 3.53. The van der Waals surface area contributed by atoms with Gasteiger partial charge < -0.3 is 0 Å². The zero-order valence-corrected chi connectivity index (χ0v) is 6.14. The molecule has 0 saturated carbocycles. The second-order valence-corrected chi connectivity index (χ2v) is 2.92. The lowest BCUT2D eigenvalue weighted by Crippen LogP contribution is -2.12. The van der Waals surface area contributed by atoms with Crippen LogP contribution in [0.1, 0.15) is 19.3 Å². The van der Waals surface area contributed by atoms with Crippen LogP contribution in [0.2, 0.25) is 5.31 Å². The Balaban J connectivity index is 2.64. The van der Waals surface area contributed by atoms with Crippen LogP contribution in [-0.4, -0.2) is 15.7 Å². The maximum absolute atomic E-state index is 5.90. The molecular weight excluding hydrogens is 118 g/mol. The summed E-state index contributed by atoms with van der Waals surface area (Å²) < 4.78 is 0. The molecule has 0 spiro atoms. The Morgan fingerprint density at radius 3 is 2.80 bits per heavy atom. The molecule has 0 aromatic heterocycles. The van der Waals surface area contributed by atoms with E-state index in [0.29, 0.717) is 0 Å². The Labute approximate surface area is 65.2 Å². The summed E-state index contributed by atoms with van der Waals surface area (Å²) >= 11 is 0. The van der Waals surface area contributed by atoms with Gasteiger partial charge in [0.15, 0.2) is 0 Å². The third-order valence-corrected chi connectivity index (χ3v) is 2.03. The fraction of sp³-hybridized carbons (Fsp3) is 0.500. The van der Waals surface area contributed by atoms with Gasteiger partial charge in [-0.25, -0.2) is 0 Å². The van der Waals surface area contributed by atoms with Gasteiger partial charge in [0.25, 0.3) is 0 Å². The highest BCUT2D eigenvalue weighted by Crippen LogP contribution is 2.38. The third kappa shape index (κ3) is 1.56. The van der Waals surface area contributed by atoms with Crippen molar-refractivity contribution in [1.82, 2.24) is 0 Å². The number of hydrogen-bond donors (Lipinski definition) is 0. The molecule has 0 saturated heterocycles. The van der Waals surface area contributed by atoms with Gasteiger partial charge in [-0.1, -0.05) is 12.2 Å². The van der Waals surface area contributed by atoms with Crippen molar-refractivity contribution < 1.29 is 0 Å². The summed E-state index contributed by atoms with van der Waals surface area (Å²) in [7, 11) is 11.5. The van der Waals surface area contributed by atoms with Gasteiger partial charge in [-0.15, -0.1) is 12.1 Å². The highest BCUT2D eigenvalue weighted by Gasteiger charge is 2.20. The largest absolute Gasteiger partial charge is 0.122 e. The van der Waals surface area contributed by atoms with Crippen LogP contribution in [0.25, 0.3) is 0 Å². The minimum Gasteiger partial charge on any atom is -0.122 e. The maximum Gasteiger partial charge on any atom is 0.107 e. The van der Waals surface area contributed by atoms with Crippen molar-refractivity contribution in [3.63, 3.8) is 0 Å². The van der Waals surface area contributed by atoms with E-state index >= 15 is 0 Å². The van der Waals surface area contributed by atoms with Crippen LogP contribution in [0.5, 0.6) is 0 Å². The van der Waals surface area contributed by atoms with Gasteiger partial charge in [0, 0.05) is 0 Å². The lowest BCUT2D eigenvalue weighted by atomic mass is 9.59. The first-order chi connectivity index (χ1) is 4.66. The average molecular weight is 128 g/mol. The Hall–Kier alpha value is -0.390. The Bertz CT molecular complexity index is 172. The molecule has 0 N–H and O–H groups in total. The molecule has 1 aliphatic carbocycles. The van der Waals surface area contributed by atoms with E-state index in [1.54, 1.807) is 0 Å². The molecule has 0 amide bonds. The average Bonchev–Trinajstić information content (AvgIpc) is 1.96. The van der Waals surface area contributed by atoms with Crippen molar-refractivity contribution in [2.45, 2.75) is 24.6 Å². The normalized spacial score (nSPS) is 33.0. The minimum absolute atomic E-state index is 0.192. The zero-order valence-electron chi connectivity index (χ0n) is 6.14. The number of hydrogen-bond acceptors (Lipinski definition) is 0. The predicted octanol–water partition coefficient (Wildman–Crippen LogP) is 1.74. The van der Waals surface area contributed by atoms with Gasteiger partial charge in [0.2, 0.25) is 0 Å². The molecule has 0 aromatic carbocycles. The lowest BCUT2D eigenvalue weighted by molar-refractivity contribution is 0.603. The van der Waals surface area contributed by atoms with Crippen molar-refractivity contribution in [3.8, 4) is 0 Å². The van der Waals surface area contributed by atoms with E-state index in [9.17, 15) is 0 Å². The summed E-state index contributed by atoms with van der Waals surface area (Å²) in [4.78, 5) is 0. The summed E-state index contributed by atoms with van der Waals surface area (Å²) in [5.74, 6) is 0. The molecule has 0 bridgehead atoms. The molecule has 10 heavy (non-hydrogen) atoms. The van der Waals surface area contributed by atoms with Gasteiger partial charge in [-0.05, 0) is 24.6 Å². The second kappa shape index (κ2) is 2.69. The molecule has 0 aromatic rings. The van der Waals surface area contributed by atoms with E-state index in [1.165, 1.54) is 0 Å². The quantitative estimate of drug-likeness (QED) is 0.372. The summed E-state index contributed by atoms with van der Waals surface area (Å²) in [5.41, 5.74) is 0.961. The lowest BCUT2D eigenvalue weighted by Gasteiger charge is -2.29. The van der Waals surface area contributed by atoms with Gasteiger partial charge in [0.1, 0.15) is 7.85 Å². The van der Waals surface area contributed by atoms with E-state index in [1.807, 2.05) is 12.2 Å². The van der Waals surface area contributed by atoms with Crippen molar-refractivity contribution in [3.05, 3.63) is 24.2 Å². The minimum atomic E-state index is -0.192. The first-order valence-corrected chi connectivity index (χ1v) is 3.53. The highest BCUT2D eigenvalue weighted by atomic mass is 14.2. The van der Waals surface area contributed by atoms with E-state index in [-0.39, 0.29) is 5.31 Å². The fourth-order valence-corrected chi connectivity index (χ4v) is 1.09. The Morgan fingerprint density at radius 2 is 2.40 bits per heavy atom. The molecule has 1 atom stereocenters. The third-order valence-electron chi connectivity index (χ3n) is 2.03. The predicted molar refractivity (Wildman–Crippen MR) is 46.3 cm³/mol. The van der Waals surface area contributed by atoms with E-state index in [4.69, 9.17) is 15.7 Å². The van der Waals surface area contributed by atoms with Gasteiger partial charge in [-0.3, -0.25) is 0 Å². The van der Waals surface area contributed by atoms with Crippen LogP contribution >= 0.6 is 0 Å². The second-order valence-electron chi connectivity index (χ2n) is 2.92.